The number of halogens is 1. The zero-order valence-corrected chi connectivity index (χ0v) is 22.6. The van der Waals surface area contributed by atoms with E-state index in [2.05, 4.69) is 30.2 Å². The molecule has 7 atom stereocenters. The van der Waals surface area contributed by atoms with Gasteiger partial charge in [0.25, 0.3) is 5.56 Å². The van der Waals surface area contributed by atoms with E-state index in [0.29, 0.717) is 5.39 Å². The predicted molar refractivity (Wildman–Crippen MR) is 140 cm³/mol. The van der Waals surface area contributed by atoms with Crippen molar-refractivity contribution in [1.82, 2.24) is 39.5 Å². The van der Waals surface area contributed by atoms with Gasteiger partial charge >= 0.3 is 6.72 Å². The summed E-state index contributed by atoms with van der Waals surface area (Å²) in [7, 11) is 0. The highest BCUT2D eigenvalue weighted by molar-refractivity contribution is 8.07. The number of nitrogen functional groups attached to an aromatic ring is 2. The van der Waals surface area contributed by atoms with Gasteiger partial charge in [0.2, 0.25) is 11.7 Å². The lowest BCUT2D eigenvalue weighted by Gasteiger charge is -2.27. The summed E-state index contributed by atoms with van der Waals surface area (Å²) in [5.41, 5.74) is 10.8. The fourth-order valence-corrected chi connectivity index (χ4v) is 6.29. The average molecular weight is 615 g/mol. The summed E-state index contributed by atoms with van der Waals surface area (Å²) in [5, 5.41) is 28.6. The Labute approximate surface area is 233 Å². The molecule has 2 aliphatic heterocycles. The Morgan fingerprint density at radius 2 is 2.15 bits per heavy atom. The van der Waals surface area contributed by atoms with Crippen molar-refractivity contribution >= 4 is 52.5 Å². The molecule has 4 aromatic rings. The van der Waals surface area contributed by atoms with E-state index in [-0.39, 0.29) is 35.0 Å². The van der Waals surface area contributed by atoms with Gasteiger partial charge in [-0.25, -0.2) is 14.4 Å². The maximum atomic E-state index is 16.0. The lowest BCUT2D eigenvalue weighted by Crippen LogP contribution is -2.43. The van der Waals surface area contributed by atoms with Crippen LogP contribution in [0.15, 0.2) is 23.4 Å². The van der Waals surface area contributed by atoms with Gasteiger partial charge < -0.3 is 45.1 Å². The number of hydrogen-bond donors (Lipinski definition) is 6. The molecular weight excluding hydrogens is 590 g/mol. The average Bonchev–Trinajstić information content (AvgIpc) is 3.69. The number of aromatic amines is 1. The molecule has 0 amide bonds. The van der Waals surface area contributed by atoms with E-state index in [0.717, 1.165) is 9.25 Å². The standard InChI is InChI=1S/C20H24FN10O8PS/c21-20(30-2-1-9-14(22)24-7-25-15(9)30)6-36-11(13(20)33)5-37-40(35,41)39-10-3-8(4-32)38-18(10)31-16-12(28-29-31)17(34)27-19(23)26-16/h1-2,7-8,10-11,13,18,32-33H,3-6H2,(H,35,41)(H2,22,24,25)(H3,23,26,27,34)/t8-,10+,11+,13+,18+,20-,40?/m0/s1. The molecule has 0 aliphatic carbocycles. The van der Waals surface area contributed by atoms with E-state index in [4.69, 9.17) is 41.8 Å². The van der Waals surface area contributed by atoms with Crippen molar-refractivity contribution in [3.8, 4) is 0 Å². The normalized spacial score (nSPS) is 29.9. The van der Waals surface area contributed by atoms with Crippen LogP contribution in [0, 0.1) is 0 Å². The molecule has 220 valence electrons. The molecule has 4 aromatic heterocycles. The molecular formula is C20H24FN10O8PS. The fourth-order valence-electron chi connectivity index (χ4n) is 4.85. The van der Waals surface area contributed by atoms with Gasteiger partial charge in [-0.3, -0.25) is 14.3 Å². The van der Waals surface area contributed by atoms with E-state index >= 15 is 4.39 Å². The Bertz CT molecular complexity index is 1720. The summed E-state index contributed by atoms with van der Waals surface area (Å²) in [6.07, 6.45) is -3.33. The van der Waals surface area contributed by atoms with Gasteiger partial charge in [0.05, 0.1) is 24.7 Å². The van der Waals surface area contributed by atoms with Crippen molar-refractivity contribution in [3.05, 3.63) is 28.9 Å². The van der Waals surface area contributed by atoms with Crippen LogP contribution in [-0.2, 0) is 36.1 Å². The van der Waals surface area contributed by atoms with E-state index in [1.165, 1.54) is 18.6 Å². The Balaban J connectivity index is 1.17. The Morgan fingerprint density at radius 1 is 1.34 bits per heavy atom. The summed E-state index contributed by atoms with van der Waals surface area (Å²) < 4.78 is 40.6. The van der Waals surface area contributed by atoms with Crippen LogP contribution < -0.4 is 17.0 Å². The monoisotopic (exact) mass is 614 g/mol. The van der Waals surface area contributed by atoms with Crippen LogP contribution in [-0.4, -0.2) is 98.8 Å². The molecule has 8 N–H and O–H groups in total. The van der Waals surface area contributed by atoms with Gasteiger partial charge in [-0.1, -0.05) is 5.21 Å². The van der Waals surface area contributed by atoms with Gasteiger partial charge in [-0.2, -0.15) is 9.67 Å². The lowest BCUT2D eigenvalue weighted by atomic mass is 10.1. The molecule has 2 aliphatic rings. The van der Waals surface area contributed by atoms with Gasteiger partial charge in [0, 0.05) is 12.6 Å². The predicted octanol–water partition coefficient (Wildman–Crippen LogP) is -1.60. The summed E-state index contributed by atoms with van der Waals surface area (Å²) in [5.74, 6) is -2.49. The number of nitrogens with one attached hydrogen (secondary N) is 1. The minimum absolute atomic E-state index is 0.0260. The molecule has 2 saturated heterocycles. The Kier molecular flexibility index (Phi) is 6.99. The second kappa shape index (κ2) is 10.3. The third-order valence-electron chi connectivity index (χ3n) is 6.83. The number of fused-ring (bicyclic) bond motifs is 2. The number of anilines is 2. The SMILES string of the molecule is Nc1nc2c(nnn2[C@@H]2O[C@H](CO)C[C@H]2OP(O)(=S)OC[C@H]2OC[C@](F)(n3ccc4c(N)ncnc43)[C@@H]2O)c(=O)[nH]1. The number of nitrogens with zero attached hydrogens (tertiary/aromatic N) is 7. The van der Waals surface area contributed by atoms with Crippen molar-refractivity contribution in [2.24, 2.45) is 0 Å². The van der Waals surface area contributed by atoms with Crippen LogP contribution in [0.3, 0.4) is 0 Å². The number of aliphatic hydroxyl groups is 2. The van der Waals surface area contributed by atoms with Crippen LogP contribution in [0.5, 0.6) is 0 Å². The maximum absolute atomic E-state index is 16.0. The Hall–Kier alpha value is -3.20. The highest BCUT2D eigenvalue weighted by atomic mass is 32.5. The third kappa shape index (κ3) is 4.86. The summed E-state index contributed by atoms with van der Waals surface area (Å²) in [6.45, 7) is -5.58. The molecule has 1 unspecified atom stereocenters. The molecule has 0 spiro atoms. The molecule has 21 heteroatoms. The number of rotatable bonds is 8. The molecule has 2 fully saturated rings. The fraction of sp³-hybridized carbons (Fsp3) is 0.500. The van der Waals surface area contributed by atoms with Gasteiger partial charge in [0.15, 0.2) is 17.4 Å². The van der Waals surface area contributed by atoms with E-state index in [9.17, 15) is 19.9 Å². The summed E-state index contributed by atoms with van der Waals surface area (Å²) in [6, 6.07) is 1.52. The van der Waals surface area contributed by atoms with Crippen molar-refractivity contribution in [1.29, 1.82) is 0 Å². The second-order valence-electron chi connectivity index (χ2n) is 9.43. The first-order valence-electron chi connectivity index (χ1n) is 12.1. The Morgan fingerprint density at radius 3 is 2.93 bits per heavy atom. The first-order chi connectivity index (χ1) is 19.5. The van der Waals surface area contributed by atoms with Crippen LogP contribution in [0.4, 0.5) is 16.2 Å². The molecule has 0 bridgehead atoms. The molecule has 18 nitrogen and oxygen atoms in total. The van der Waals surface area contributed by atoms with Crippen LogP contribution in [0.1, 0.15) is 12.6 Å². The van der Waals surface area contributed by atoms with Crippen molar-refractivity contribution in [2.45, 2.75) is 42.9 Å². The summed E-state index contributed by atoms with van der Waals surface area (Å²) in [4.78, 5) is 37.2. The molecule has 6 rings (SSSR count). The van der Waals surface area contributed by atoms with E-state index in [1.54, 1.807) is 0 Å². The number of alkyl halides is 1. The van der Waals surface area contributed by atoms with Crippen LogP contribution >= 0.6 is 6.72 Å². The van der Waals surface area contributed by atoms with Crippen LogP contribution in [0.2, 0.25) is 0 Å². The largest absolute Gasteiger partial charge is 0.394 e. The number of aromatic nitrogens is 8. The zero-order chi connectivity index (χ0) is 29.1. The quantitative estimate of drug-likeness (QED) is 0.122. The van der Waals surface area contributed by atoms with Crippen molar-refractivity contribution in [2.75, 3.05) is 31.3 Å². The van der Waals surface area contributed by atoms with Gasteiger partial charge in [0.1, 0.15) is 42.7 Å². The topological polar surface area (TPSA) is 257 Å². The highest BCUT2D eigenvalue weighted by Gasteiger charge is 2.53. The number of aliphatic hydroxyl groups excluding tert-OH is 2. The van der Waals surface area contributed by atoms with Crippen molar-refractivity contribution in [3.63, 3.8) is 0 Å². The van der Waals surface area contributed by atoms with E-state index < -0.39 is 68.5 Å². The number of H-pyrrole nitrogens is 1. The van der Waals surface area contributed by atoms with Crippen molar-refractivity contribution < 1.29 is 38.0 Å². The van der Waals surface area contributed by atoms with E-state index in [1.807, 2.05) is 0 Å². The minimum Gasteiger partial charge on any atom is -0.394 e. The minimum atomic E-state index is -4.08. The number of ether oxygens (including phenoxy) is 2. The third-order valence-corrected chi connectivity index (χ3v) is 8.42. The maximum Gasteiger partial charge on any atom is 0.325 e. The summed E-state index contributed by atoms with van der Waals surface area (Å²) >= 11 is 5.16. The zero-order valence-electron chi connectivity index (χ0n) is 20.8. The van der Waals surface area contributed by atoms with Crippen LogP contribution in [0.25, 0.3) is 22.2 Å². The molecule has 0 saturated carbocycles. The van der Waals surface area contributed by atoms with Gasteiger partial charge in [-0.15, -0.1) is 5.10 Å². The first kappa shape index (κ1) is 27.9. The first-order valence-corrected chi connectivity index (χ1v) is 14.7. The number of nitrogens with two attached hydrogens (primary N) is 2. The molecule has 0 aromatic carbocycles. The molecule has 6 heterocycles. The lowest BCUT2D eigenvalue weighted by molar-refractivity contribution is -0.0573. The second-order valence-corrected chi connectivity index (χ2v) is 12.2. The molecule has 0 radical (unpaired) electrons. The molecule has 41 heavy (non-hydrogen) atoms. The van der Waals surface area contributed by atoms with Gasteiger partial charge in [-0.05, 0) is 17.9 Å². The highest BCUT2D eigenvalue weighted by Crippen LogP contribution is 2.50. The smallest absolute Gasteiger partial charge is 0.325 e. The number of hydrogen-bond acceptors (Lipinski definition) is 15.